The number of unbranched alkanes of at least 4 members (excludes halogenated alkanes) is 2. The van der Waals surface area contributed by atoms with Gasteiger partial charge in [0.05, 0.1) is 6.10 Å². The fourth-order valence-corrected chi connectivity index (χ4v) is 8.22. The van der Waals surface area contributed by atoms with Crippen LogP contribution in [-0.2, 0) is 19.1 Å². The molecule has 9 atom stereocenters. The maximum Gasteiger partial charge on any atom is 0.306 e. The molecule has 5 nitrogen and oxygen atoms in total. The summed E-state index contributed by atoms with van der Waals surface area (Å²) in [7, 11) is 0. The van der Waals surface area contributed by atoms with Crippen molar-refractivity contribution in [2.45, 2.75) is 84.9 Å². The van der Waals surface area contributed by atoms with Crippen molar-refractivity contribution in [2.24, 2.45) is 40.4 Å². The molecule has 1 N–H and O–H groups in total. The number of ketones is 2. The molecule has 4 unspecified atom stereocenters. The van der Waals surface area contributed by atoms with Crippen LogP contribution < -0.4 is 0 Å². The van der Waals surface area contributed by atoms with Crippen molar-refractivity contribution in [1.82, 2.24) is 0 Å². The summed E-state index contributed by atoms with van der Waals surface area (Å²) in [5, 5.41) is 11.4. The summed E-state index contributed by atoms with van der Waals surface area (Å²) >= 11 is 0. The van der Waals surface area contributed by atoms with E-state index in [1.807, 2.05) is 6.92 Å². The standard InChI is InChI=1S/C28H39FO5/c1-5-6-7-8-24(33)34-15-23(32)25-16(2)11-19-18-13-21(29)20-12-17(30)9-10-27(20,3)26(18)22(31)14-28(19,25)4/h9-10,12,16,18-19,21-22,25-26,31H,5-8,11,13-15H2,1-4H3/t16-,18?,19?,21+,22?,25-,26?,27+,28+/m1/s1. The van der Waals surface area contributed by atoms with E-state index in [0.29, 0.717) is 18.4 Å². The van der Waals surface area contributed by atoms with E-state index in [2.05, 4.69) is 20.8 Å². The minimum absolute atomic E-state index is 0.0681. The molecule has 0 aliphatic heterocycles. The number of alkyl halides is 1. The summed E-state index contributed by atoms with van der Waals surface area (Å²) in [4.78, 5) is 37.3. The first-order valence-electron chi connectivity index (χ1n) is 13.0. The number of esters is 1. The molecule has 0 spiro atoms. The number of Topliss-reactive ketones (excluding diaryl/α,β-unsaturated/α-hetero) is 1. The van der Waals surface area contributed by atoms with Crippen LogP contribution in [0.3, 0.4) is 0 Å². The van der Waals surface area contributed by atoms with Gasteiger partial charge in [0.2, 0.25) is 0 Å². The third kappa shape index (κ3) is 4.10. The van der Waals surface area contributed by atoms with Gasteiger partial charge in [-0.2, -0.15) is 0 Å². The zero-order valence-electron chi connectivity index (χ0n) is 20.9. The first kappa shape index (κ1) is 25.3. The molecule has 34 heavy (non-hydrogen) atoms. The zero-order valence-corrected chi connectivity index (χ0v) is 20.9. The fourth-order valence-electron chi connectivity index (χ4n) is 8.22. The highest BCUT2D eigenvalue weighted by atomic mass is 19.1. The average molecular weight is 475 g/mol. The second kappa shape index (κ2) is 9.33. The molecule has 3 saturated carbocycles. The molecule has 0 heterocycles. The van der Waals surface area contributed by atoms with Gasteiger partial charge in [-0.1, -0.05) is 46.6 Å². The number of allylic oxidation sites excluding steroid dienone is 4. The van der Waals surface area contributed by atoms with E-state index in [1.54, 1.807) is 6.08 Å². The van der Waals surface area contributed by atoms with E-state index in [-0.39, 0.29) is 60.2 Å². The van der Waals surface area contributed by atoms with Crippen LogP contribution in [0.15, 0.2) is 23.8 Å². The maximum absolute atomic E-state index is 15.4. The van der Waals surface area contributed by atoms with Gasteiger partial charge in [-0.3, -0.25) is 14.4 Å². The summed E-state index contributed by atoms with van der Waals surface area (Å²) in [5.41, 5.74) is -0.689. The Morgan fingerprint density at radius 2 is 1.97 bits per heavy atom. The lowest BCUT2D eigenvalue weighted by Gasteiger charge is -2.59. The van der Waals surface area contributed by atoms with E-state index >= 15 is 4.39 Å². The molecule has 0 saturated heterocycles. The van der Waals surface area contributed by atoms with Crippen molar-refractivity contribution < 1.29 is 28.6 Å². The van der Waals surface area contributed by atoms with E-state index in [4.69, 9.17) is 4.74 Å². The van der Waals surface area contributed by atoms with Crippen molar-refractivity contribution in [3.63, 3.8) is 0 Å². The Balaban J connectivity index is 1.54. The summed E-state index contributed by atoms with van der Waals surface area (Å²) in [5.74, 6) is -1.07. The topological polar surface area (TPSA) is 80.7 Å². The van der Waals surface area contributed by atoms with E-state index in [1.165, 1.54) is 12.2 Å². The number of aliphatic hydroxyl groups is 1. The largest absolute Gasteiger partial charge is 0.458 e. The number of carbonyl (C=O) groups is 3. The molecule has 0 radical (unpaired) electrons. The molecule has 0 aromatic heterocycles. The zero-order chi connectivity index (χ0) is 24.8. The van der Waals surface area contributed by atoms with Gasteiger partial charge in [0.25, 0.3) is 0 Å². The smallest absolute Gasteiger partial charge is 0.306 e. The van der Waals surface area contributed by atoms with Gasteiger partial charge in [0, 0.05) is 23.7 Å². The normalized spacial score (nSPS) is 42.9. The van der Waals surface area contributed by atoms with Crippen LogP contribution in [0.5, 0.6) is 0 Å². The van der Waals surface area contributed by atoms with Crippen LogP contribution in [0, 0.1) is 40.4 Å². The van der Waals surface area contributed by atoms with Crippen molar-refractivity contribution in [1.29, 1.82) is 0 Å². The van der Waals surface area contributed by atoms with Gasteiger partial charge in [-0.05, 0) is 66.6 Å². The van der Waals surface area contributed by atoms with Crippen molar-refractivity contribution in [3.8, 4) is 0 Å². The summed E-state index contributed by atoms with van der Waals surface area (Å²) < 4.78 is 20.8. The summed E-state index contributed by atoms with van der Waals surface area (Å²) in [6.45, 7) is 7.89. The molecule has 4 rings (SSSR count). The molecule has 0 aromatic carbocycles. The number of halogens is 1. The molecule has 0 bridgehead atoms. The number of hydrogen-bond donors (Lipinski definition) is 1. The number of carbonyl (C=O) groups excluding carboxylic acids is 3. The molecule has 6 heteroatoms. The number of fused-ring (bicyclic) bond motifs is 5. The molecule has 188 valence electrons. The van der Waals surface area contributed by atoms with Crippen molar-refractivity contribution in [3.05, 3.63) is 23.8 Å². The van der Waals surface area contributed by atoms with Crippen LogP contribution in [-0.4, -0.2) is 41.5 Å². The maximum atomic E-state index is 15.4. The van der Waals surface area contributed by atoms with Crippen LogP contribution >= 0.6 is 0 Å². The van der Waals surface area contributed by atoms with Crippen molar-refractivity contribution in [2.75, 3.05) is 6.61 Å². The molecule has 0 aromatic rings. The van der Waals surface area contributed by atoms with Gasteiger partial charge in [0.1, 0.15) is 12.8 Å². The first-order valence-corrected chi connectivity index (χ1v) is 13.0. The van der Waals surface area contributed by atoms with Gasteiger partial charge >= 0.3 is 5.97 Å². The molecule has 4 aliphatic rings. The highest BCUT2D eigenvalue weighted by Crippen LogP contribution is 2.67. The second-order valence-corrected chi connectivity index (χ2v) is 11.7. The number of aliphatic hydroxyl groups excluding tert-OH is 1. The summed E-state index contributed by atoms with van der Waals surface area (Å²) in [6.07, 6.45) is 7.33. The van der Waals surface area contributed by atoms with Gasteiger partial charge < -0.3 is 9.84 Å². The lowest BCUT2D eigenvalue weighted by atomic mass is 9.46. The van der Waals surface area contributed by atoms with Crippen LogP contribution in [0.1, 0.15) is 72.6 Å². The predicted molar refractivity (Wildman–Crippen MR) is 126 cm³/mol. The predicted octanol–water partition coefficient (Wildman–Crippen LogP) is 4.77. The minimum atomic E-state index is -1.23. The van der Waals surface area contributed by atoms with E-state index < -0.39 is 23.1 Å². The second-order valence-electron chi connectivity index (χ2n) is 11.7. The number of ether oxygens (including phenoxy) is 1. The number of hydrogen-bond acceptors (Lipinski definition) is 5. The van der Waals surface area contributed by atoms with Crippen LogP contribution in [0.25, 0.3) is 0 Å². The fraction of sp³-hybridized carbons (Fsp3) is 0.750. The lowest BCUT2D eigenvalue weighted by molar-refractivity contribution is -0.155. The third-order valence-electron chi connectivity index (χ3n) is 9.52. The summed E-state index contributed by atoms with van der Waals surface area (Å²) in [6, 6.07) is 0. The highest BCUT2D eigenvalue weighted by molar-refractivity contribution is 6.01. The van der Waals surface area contributed by atoms with Gasteiger partial charge in [-0.15, -0.1) is 0 Å². The Hall–Kier alpha value is -1.82. The molecular weight excluding hydrogens is 435 g/mol. The van der Waals surface area contributed by atoms with Crippen LogP contribution in [0.4, 0.5) is 4.39 Å². The molecule has 4 aliphatic carbocycles. The van der Waals surface area contributed by atoms with Gasteiger partial charge in [-0.25, -0.2) is 4.39 Å². The first-order chi connectivity index (χ1) is 16.0. The Morgan fingerprint density at radius 3 is 2.68 bits per heavy atom. The highest BCUT2D eigenvalue weighted by Gasteiger charge is 2.65. The van der Waals surface area contributed by atoms with Crippen LogP contribution in [0.2, 0.25) is 0 Å². The van der Waals surface area contributed by atoms with Gasteiger partial charge in [0.15, 0.2) is 11.6 Å². The van der Waals surface area contributed by atoms with Crippen molar-refractivity contribution >= 4 is 17.5 Å². The molecular formula is C28H39FO5. The Labute approximate surface area is 202 Å². The Morgan fingerprint density at radius 1 is 1.24 bits per heavy atom. The minimum Gasteiger partial charge on any atom is -0.458 e. The monoisotopic (exact) mass is 474 g/mol. The van der Waals surface area contributed by atoms with E-state index in [9.17, 15) is 19.5 Å². The Kier molecular flexibility index (Phi) is 6.93. The number of rotatable bonds is 7. The van der Waals surface area contributed by atoms with E-state index in [0.717, 1.165) is 25.7 Å². The average Bonchev–Trinajstić information content (AvgIpc) is 3.03. The SMILES string of the molecule is CCCCCC(=O)OCC(=O)[C@H]1[C@H](C)CC2C3C[C@H](F)C4=CC(=O)C=C[C@]4(C)C3C(O)C[C@@]21C. The lowest BCUT2D eigenvalue weighted by Crippen LogP contribution is -2.58. The quantitative estimate of drug-likeness (QED) is 0.425. The molecule has 0 amide bonds. The molecule has 3 fully saturated rings. The Bertz CT molecular complexity index is 908. The third-order valence-corrected chi connectivity index (χ3v) is 9.52.